The molecule has 38 heavy (non-hydrogen) atoms. The number of amidine groups is 1. The van der Waals surface area contributed by atoms with E-state index < -0.39 is 34.0 Å². The lowest BCUT2D eigenvalue weighted by Gasteiger charge is -2.25. The van der Waals surface area contributed by atoms with Gasteiger partial charge in [-0.1, -0.05) is 30.3 Å². The third-order valence-corrected chi connectivity index (χ3v) is 7.99. The van der Waals surface area contributed by atoms with Gasteiger partial charge in [-0.3, -0.25) is 10.2 Å². The lowest BCUT2D eigenvalue weighted by atomic mass is 10.0. The Labute approximate surface area is 219 Å². The van der Waals surface area contributed by atoms with E-state index in [4.69, 9.17) is 20.6 Å². The average Bonchev–Trinajstić information content (AvgIpc) is 3.24. The number of carboxylic acid groups (broad SMARTS) is 1. The van der Waals surface area contributed by atoms with Crippen molar-refractivity contribution in [3.63, 3.8) is 0 Å². The number of benzene rings is 3. The van der Waals surface area contributed by atoms with Crippen LogP contribution in [0.25, 0.3) is 10.8 Å². The Kier molecular flexibility index (Phi) is 7.56. The molecule has 0 bridgehead atoms. The number of rotatable bonds is 10. The SMILES string of the molecule is COc1cc2ccc(S(=O)(=O)NC3CCN(C(Cc4ccc(C(=N)N)cc4)C(=O)O)C3=O)cc2cc1OC. The summed E-state index contributed by atoms with van der Waals surface area (Å²) in [4.78, 5) is 26.3. The molecule has 1 amide bonds. The highest BCUT2D eigenvalue weighted by atomic mass is 32.2. The van der Waals surface area contributed by atoms with Crippen molar-refractivity contribution in [1.82, 2.24) is 9.62 Å². The number of carbonyl (C=O) groups excluding carboxylic acids is 1. The maximum atomic E-state index is 13.2. The number of nitrogens with zero attached hydrogens (tertiary/aromatic N) is 1. The molecule has 0 saturated carbocycles. The fourth-order valence-electron chi connectivity index (χ4n) is 4.47. The molecule has 1 aliphatic rings. The average molecular weight is 541 g/mol. The van der Waals surface area contributed by atoms with Crippen molar-refractivity contribution in [2.24, 2.45) is 5.73 Å². The van der Waals surface area contributed by atoms with E-state index in [1.54, 1.807) is 42.5 Å². The summed E-state index contributed by atoms with van der Waals surface area (Å²) in [6.07, 6.45) is 0.151. The van der Waals surface area contributed by atoms with E-state index in [0.717, 1.165) is 5.39 Å². The number of sulfonamides is 1. The van der Waals surface area contributed by atoms with E-state index >= 15 is 0 Å². The number of amides is 1. The first-order chi connectivity index (χ1) is 18.0. The number of hydrogen-bond acceptors (Lipinski definition) is 7. The summed E-state index contributed by atoms with van der Waals surface area (Å²) in [6, 6.07) is 12.2. The van der Waals surface area contributed by atoms with E-state index in [1.807, 2.05) is 0 Å². The molecular formula is C26H28N4O7S. The van der Waals surface area contributed by atoms with Crippen molar-refractivity contribution in [1.29, 1.82) is 5.41 Å². The number of methoxy groups -OCH3 is 2. The summed E-state index contributed by atoms with van der Waals surface area (Å²) in [5.74, 6) is -0.959. The minimum atomic E-state index is -4.09. The molecule has 0 spiro atoms. The number of nitrogens with one attached hydrogen (secondary N) is 2. The number of hydrogen-bond donors (Lipinski definition) is 4. The minimum Gasteiger partial charge on any atom is -0.493 e. The summed E-state index contributed by atoms with van der Waals surface area (Å²) >= 11 is 0. The molecule has 1 heterocycles. The molecule has 200 valence electrons. The van der Waals surface area contributed by atoms with Crippen LogP contribution in [0.5, 0.6) is 11.5 Å². The molecule has 3 aromatic rings. The highest BCUT2D eigenvalue weighted by Crippen LogP contribution is 2.33. The zero-order chi connectivity index (χ0) is 27.6. The van der Waals surface area contributed by atoms with Gasteiger partial charge in [-0.15, -0.1) is 0 Å². The molecule has 1 saturated heterocycles. The topological polar surface area (TPSA) is 172 Å². The van der Waals surface area contributed by atoms with Crippen LogP contribution in [0, 0.1) is 5.41 Å². The molecule has 0 radical (unpaired) electrons. The maximum absolute atomic E-state index is 13.2. The Morgan fingerprint density at radius 1 is 1.11 bits per heavy atom. The second-order valence-corrected chi connectivity index (χ2v) is 10.6. The highest BCUT2D eigenvalue weighted by Gasteiger charge is 2.40. The zero-order valence-corrected chi connectivity index (χ0v) is 21.6. The van der Waals surface area contributed by atoms with Gasteiger partial charge in [-0.2, -0.15) is 4.72 Å². The second-order valence-electron chi connectivity index (χ2n) is 8.88. The van der Waals surface area contributed by atoms with Crippen molar-refractivity contribution in [3.05, 3.63) is 65.7 Å². The van der Waals surface area contributed by atoms with Crippen LogP contribution in [0.4, 0.5) is 0 Å². The van der Waals surface area contributed by atoms with Gasteiger partial charge in [-0.25, -0.2) is 13.2 Å². The first kappa shape index (κ1) is 26.9. The molecule has 0 aromatic heterocycles. The van der Waals surface area contributed by atoms with Gasteiger partial charge in [0.05, 0.1) is 19.1 Å². The molecule has 5 N–H and O–H groups in total. The zero-order valence-electron chi connectivity index (χ0n) is 20.8. The molecule has 2 atom stereocenters. The van der Waals surface area contributed by atoms with Crippen LogP contribution in [0.2, 0.25) is 0 Å². The Balaban J connectivity index is 1.52. The van der Waals surface area contributed by atoms with Crippen molar-refractivity contribution in [2.75, 3.05) is 20.8 Å². The minimum absolute atomic E-state index is 0.0225. The number of carbonyl (C=O) groups is 2. The normalized spacial score (nSPS) is 16.4. The van der Waals surface area contributed by atoms with Gasteiger partial charge in [0, 0.05) is 18.5 Å². The Morgan fingerprint density at radius 2 is 1.74 bits per heavy atom. The van der Waals surface area contributed by atoms with Gasteiger partial charge in [0.25, 0.3) is 0 Å². The highest BCUT2D eigenvalue weighted by molar-refractivity contribution is 7.89. The van der Waals surface area contributed by atoms with Crippen molar-refractivity contribution < 1.29 is 32.6 Å². The summed E-state index contributed by atoms with van der Waals surface area (Å²) < 4.78 is 39.4. The first-order valence-corrected chi connectivity index (χ1v) is 13.2. The van der Waals surface area contributed by atoms with Gasteiger partial charge < -0.3 is 25.2 Å². The van der Waals surface area contributed by atoms with E-state index in [1.165, 1.54) is 31.3 Å². The monoisotopic (exact) mass is 540 g/mol. The van der Waals surface area contributed by atoms with Gasteiger partial charge in [0.15, 0.2) is 11.5 Å². The third kappa shape index (κ3) is 5.41. The fraction of sp³-hybridized carbons (Fsp3) is 0.269. The largest absolute Gasteiger partial charge is 0.493 e. The van der Waals surface area contributed by atoms with Crippen LogP contribution >= 0.6 is 0 Å². The van der Waals surface area contributed by atoms with Crippen LogP contribution < -0.4 is 19.9 Å². The van der Waals surface area contributed by atoms with Gasteiger partial charge in [0.1, 0.15) is 17.9 Å². The molecular weight excluding hydrogens is 512 g/mol. The summed E-state index contributed by atoms with van der Waals surface area (Å²) in [5.41, 5.74) is 6.60. The number of aliphatic carboxylic acids is 1. The predicted molar refractivity (Wildman–Crippen MR) is 140 cm³/mol. The van der Waals surface area contributed by atoms with Crippen LogP contribution in [0.3, 0.4) is 0 Å². The molecule has 1 aliphatic heterocycles. The van der Waals surface area contributed by atoms with Crippen LogP contribution in [0.1, 0.15) is 17.5 Å². The Morgan fingerprint density at radius 3 is 2.32 bits per heavy atom. The summed E-state index contributed by atoms with van der Waals surface area (Å²) in [7, 11) is -1.11. The fourth-order valence-corrected chi connectivity index (χ4v) is 5.73. The number of likely N-dealkylation sites (tertiary alicyclic amines) is 1. The Bertz CT molecular complexity index is 1510. The van der Waals surface area contributed by atoms with E-state index in [9.17, 15) is 23.1 Å². The van der Waals surface area contributed by atoms with Crippen LogP contribution in [-0.4, -0.2) is 69.0 Å². The van der Waals surface area contributed by atoms with Gasteiger partial charge in [-0.05, 0) is 47.0 Å². The molecule has 4 rings (SSSR count). The molecule has 3 aromatic carbocycles. The smallest absolute Gasteiger partial charge is 0.326 e. The summed E-state index contributed by atoms with van der Waals surface area (Å²) in [5, 5.41) is 18.6. The van der Waals surface area contributed by atoms with Crippen LogP contribution in [0.15, 0.2) is 59.5 Å². The lowest BCUT2D eigenvalue weighted by Crippen LogP contribution is -2.48. The molecule has 1 fully saturated rings. The molecule has 12 heteroatoms. The van der Waals surface area contributed by atoms with E-state index in [-0.39, 0.29) is 30.1 Å². The molecule has 0 aliphatic carbocycles. The van der Waals surface area contributed by atoms with Crippen molar-refractivity contribution in [2.45, 2.75) is 29.8 Å². The first-order valence-electron chi connectivity index (χ1n) is 11.7. The number of ether oxygens (including phenoxy) is 2. The quantitative estimate of drug-likeness (QED) is 0.222. The number of carboxylic acids is 1. The van der Waals surface area contributed by atoms with Crippen molar-refractivity contribution >= 4 is 38.5 Å². The van der Waals surface area contributed by atoms with E-state index in [2.05, 4.69) is 4.72 Å². The third-order valence-electron chi connectivity index (χ3n) is 6.52. The van der Waals surface area contributed by atoms with Crippen LogP contribution in [-0.2, 0) is 26.0 Å². The van der Waals surface area contributed by atoms with Gasteiger partial charge >= 0.3 is 5.97 Å². The number of nitrogen functional groups attached to an aromatic ring is 1. The van der Waals surface area contributed by atoms with Gasteiger partial charge in [0.2, 0.25) is 15.9 Å². The standard InChI is InChI=1S/C26H28N4O7S/c1-36-22-13-17-7-8-19(12-18(17)14-23(22)37-2)38(34,35)29-20-9-10-30(25(20)31)21(26(32)33)11-15-3-5-16(6-4-15)24(27)28/h3-8,12-14,20-21,29H,9-11H2,1-2H3,(H3,27,28)(H,32,33). The summed E-state index contributed by atoms with van der Waals surface area (Å²) in [6.45, 7) is 0.0865. The Hall–Kier alpha value is -4.16. The van der Waals surface area contributed by atoms with Crippen molar-refractivity contribution in [3.8, 4) is 11.5 Å². The van der Waals surface area contributed by atoms with E-state index in [0.29, 0.717) is 28.0 Å². The molecule has 11 nitrogen and oxygen atoms in total. The predicted octanol–water partition coefficient (Wildman–Crippen LogP) is 1.72. The molecule has 2 unspecified atom stereocenters. The number of nitrogens with two attached hydrogens (primary N) is 1. The maximum Gasteiger partial charge on any atom is 0.326 e. The lowest BCUT2D eigenvalue weighted by molar-refractivity contribution is -0.148. The number of fused-ring (bicyclic) bond motifs is 1. The second kappa shape index (κ2) is 10.7.